The van der Waals surface area contributed by atoms with Crippen LogP contribution in [0.15, 0.2) is 12.5 Å². The molecule has 56 valence electrons. The summed E-state index contributed by atoms with van der Waals surface area (Å²) >= 11 is 0. The minimum atomic E-state index is -0.0150. The summed E-state index contributed by atoms with van der Waals surface area (Å²) in [5, 5.41) is 1.31. The Hall–Kier alpha value is -1.03. The predicted molar refractivity (Wildman–Crippen MR) is 35.0 cm³/mol. The van der Waals surface area contributed by atoms with Gasteiger partial charge in [0.1, 0.15) is 6.26 Å². The number of carbonyl (C=O) groups excluding carboxylic acids is 1. The van der Waals surface area contributed by atoms with Gasteiger partial charge in [0, 0.05) is 5.92 Å². The first-order valence-corrected chi connectivity index (χ1v) is 3.13. The van der Waals surface area contributed by atoms with Crippen LogP contribution in [-0.4, -0.2) is 10.9 Å². The summed E-state index contributed by atoms with van der Waals surface area (Å²) in [7, 11) is 0. The second-order valence-corrected chi connectivity index (χ2v) is 2.36. The van der Waals surface area contributed by atoms with Crippen LogP contribution < -0.4 is 5.59 Å². The summed E-state index contributed by atoms with van der Waals surface area (Å²) in [5.74, 6) is -0.0207. The Labute approximate surface area is 59.4 Å². The highest BCUT2D eigenvalue weighted by Crippen LogP contribution is 2.02. The Bertz CT molecular complexity index is 165. The number of nitrogens with zero attached hydrogens (tertiary/aromatic N) is 1. The molecule has 0 spiro atoms. The normalized spacial score (nSPS) is 16.1. The predicted octanol–water partition coefficient (Wildman–Crippen LogP) is 0.392. The molecule has 0 radical (unpaired) electrons. The topological polar surface area (TPSA) is 41.6 Å². The van der Waals surface area contributed by atoms with Crippen molar-refractivity contribution in [3.05, 3.63) is 12.5 Å². The van der Waals surface area contributed by atoms with Gasteiger partial charge >= 0.3 is 0 Å². The number of carbonyl (C=O) groups is 1. The molecule has 0 bridgehead atoms. The van der Waals surface area contributed by atoms with Gasteiger partial charge in [-0.25, -0.2) is 5.01 Å². The van der Waals surface area contributed by atoms with Crippen molar-refractivity contribution >= 4 is 5.91 Å². The van der Waals surface area contributed by atoms with Crippen molar-refractivity contribution in [2.24, 2.45) is 5.92 Å². The minimum absolute atomic E-state index is 0.00579. The molecule has 0 saturated heterocycles. The molecular formula is C6H10N2O2. The maximum absolute atomic E-state index is 11.1. The number of rotatable bonds is 1. The molecule has 1 rings (SSSR count). The number of hydrogen-bond donors (Lipinski definition) is 1. The zero-order valence-corrected chi connectivity index (χ0v) is 6.00. The fraction of sp³-hybridized carbons (Fsp3) is 0.500. The standard InChI is InChI=1S/C6H10N2O2/c1-5(2)6(9)8-3-4-10-7-8/h3-5,7H,1-2H3. The van der Waals surface area contributed by atoms with Crippen molar-refractivity contribution in [1.82, 2.24) is 10.6 Å². The van der Waals surface area contributed by atoms with E-state index in [2.05, 4.69) is 10.4 Å². The molecule has 0 aliphatic carbocycles. The van der Waals surface area contributed by atoms with Crippen LogP contribution in [0.5, 0.6) is 0 Å². The lowest BCUT2D eigenvalue weighted by Crippen LogP contribution is -2.36. The van der Waals surface area contributed by atoms with Crippen molar-refractivity contribution in [2.45, 2.75) is 13.8 Å². The van der Waals surface area contributed by atoms with Crippen LogP contribution >= 0.6 is 0 Å². The van der Waals surface area contributed by atoms with Gasteiger partial charge in [0.25, 0.3) is 0 Å². The second kappa shape index (κ2) is 2.70. The lowest BCUT2D eigenvalue weighted by Gasteiger charge is -2.13. The SMILES string of the molecule is CC(C)C(=O)N1C=CON1. The number of amides is 1. The molecule has 1 heterocycles. The van der Waals surface area contributed by atoms with E-state index in [1.807, 2.05) is 13.8 Å². The van der Waals surface area contributed by atoms with E-state index in [1.165, 1.54) is 11.3 Å². The summed E-state index contributed by atoms with van der Waals surface area (Å²) in [4.78, 5) is 15.7. The summed E-state index contributed by atoms with van der Waals surface area (Å²) in [6.45, 7) is 3.66. The lowest BCUT2D eigenvalue weighted by molar-refractivity contribution is -0.139. The van der Waals surface area contributed by atoms with Crippen LogP contribution in [0.2, 0.25) is 0 Å². The molecule has 1 aliphatic rings. The van der Waals surface area contributed by atoms with E-state index in [1.54, 1.807) is 6.20 Å². The van der Waals surface area contributed by atoms with Gasteiger partial charge in [0.2, 0.25) is 5.91 Å². The van der Waals surface area contributed by atoms with E-state index >= 15 is 0 Å². The van der Waals surface area contributed by atoms with Gasteiger partial charge in [-0.05, 0) is 0 Å². The van der Waals surface area contributed by atoms with E-state index in [-0.39, 0.29) is 11.8 Å². The first-order valence-electron chi connectivity index (χ1n) is 3.13. The molecule has 0 aromatic carbocycles. The van der Waals surface area contributed by atoms with Gasteiger partial charge in [0.05, 0.1) is 6.20 Å². The summed E-state index contributed by atoms with van der Waals surface area (Å²) in [5.41, 5.74) is 2.41. The maximum Gasteiger partial charge on any atom is 0.246 e. The van der Waals surface area contributed by atoms with Crippen LogP contribution in [0.4, 0.5) is 0 Å². The zero-order valence-electron chi connectivity index (χ0n) is 6.00. The summed E-state index contributed by atoms with van der Waals surface area (Å²) < 4.78 is 0. The molecule has 4 heteroatoms. The van der Waals surface area contributed by atoms with Gasteiger partial charge < -0.3 is 4.84 Å². The van der Waals surface area contributed by atoms with E-state index in [4.69, 9.17) is 0 Å². The van der Waals surface area contributed by atoms with E-state index in [0.717, 1.165) is 0 Å². The molecule has 1 amide bonds. The number of hydrazine groups is 1. The van der Waals surface area contributed by atoms with Crippen LogP contribution in [0, 0.1) is 5.92 Å². The van der Waals surface area contributed by atoms with Crippen molar-refractivity contribution in [1.29, 1.82) is 0 Å². The highest BCUT2D eigenvalue weighted by atomic mass is 16.7. The van der Waals surface area contributed by atoms with Gasteiger partial charge in [0.15, 0.2) is 0 Å². The van der Waals surface area contributed by atoms with Crippen LogP contribution in [0.3, 0.4) is 0 Å². The van der Waals surface area contributed by atoms with Crippen molar-refractivity contribution in [3.63, 3.8) is 0 Å². The summed E-state index contributed by atoms with van der Waals surface area (Å²) in [6, 6.07) is 0. The van der Waals surface area contributed by atoms with Crippen LogP contribution in [0.25, 0.3) is 0 Å². The highest BCUT2D eigenvalue weighted by molar-refractivity contribution is 5.78. The molecule has 0 saturated carbocycles. The molecule has 0 atom stereocenters. The molecule has 4 nitrogen and oxygen atoms in total. The Kier molecular flexibility index (Phi) is 1.91. The first-order chi connectivity index (χ1) is 4.72. The largest absolute Gasteiger partial charge is 0.395 e. The average Bonchev–Trinajstić information content (AvgIpc) is 2.36. The third-order valence-corrected chi connectivity index (χ3v) is 1.16. The molecule has 10 heavy (non-hydrogen) atoms. The van der Waals surface area contributed by atoms with Crippen molar-refractivity contribution in [3.8, 4) is 0 Å². The molecular weight excluding hydrogens is 132 g/mol. The monoisotopic (exact) mass is 142 g/mol. The molecule has 1 aliphatic heterocycles. The molecule has 0 aromatic heterocycles. The number of nitrogens with one attached hydrogen (secondary N) is 1. The number of hydrogen-bond acceptors (Lipinski definition) is 3. The first kappa shape index (κ1) is 7.08. The van der Waals surface area contributed by atoms with Crippen LogP contribution in [0.1, 0.15) is 13.8 Å². The minimum Gasteiger partial charge on any atom is -0.395 e. The summed E-state index contributed by atoms with van der Waals surface area (Å²) in [6.07, 6.45) is 2.96. The van der Waals surface area contributed by atoms with Crippen LogP contribution in [-0.2, 0) is 9.63 Å². The molecule has 0 fully saturated rings. The maximum atomic E-state index is 11.1. The van der Waals surface area contributed by atoms with Gasteiger partial charge in [-0.3, -0.25) is 4.79 Å². The molecule has 0 unspecified atom stereocenters. The fourth-order valence-electron chi connectivity index (χ4n) is 0.606. The van der Waals surface area contributed by atoms with Gasteiger partial charge in [-0.15, -0.1) is 0 Å². The highest BCUT2D eigenvalue weighted by Gasteiger charge is 2.17. The van der Waals surface area contributed by atoms with Crippen molar-refractivity contribution in [2.75, 3.05) is 0 Å². The van der Waals surface area contributed by atoms with E-state index in [9.17, 15) is 4.79 Å². The van der Waals surface area contributed by atoms with E-state index < -0.39 is 0 Å². The smallest absolute Gasteiger partial charge is 0.246 e. The molecule has 0 aromatic rings. The third-order valence-electron chi connectivity index (χ3n) is 1.16. The third kappa shape index (κ3) is 1.27. The fourth-order valence-corrected chi connectivity index (χ4v) is 0.606. The van der Waals surface area contributed by atoms with Gasteiger partial charge in [-0.2, -0.15) is 0 Å². The van der Waals surface area contributed by atoms with Gasteiger partial charge in [-0.1, -0.05) is 19.4 Å². The Morgan fingerprint density at radius 1 is 1.70 bits per heavy atom. The Morgan fingerprint density at radius 3 is 2.80 bits per heavy atom. The van der Waals surface area contributed by atoms with E-state index in [0.29, 0.717) is 0 Å². The van der Waals surface area contributed by atoms with Crippen molar-refractivity contribution < 1.29 is 9.63 Å². The molecule has 1 N–H and O–H groups in total. The second-order valence-electron chi connectivity index (χ2n) is 2.36. The Morgan fingerprint density at radius 2 is 2.40 bits per heavy atom. The lowest BCUT2D eigenvalue weighted by atomic mass is 10.2. The Balaban J connectivity index is 2.49. The average molecular weight is 142 g/mol. The quantitative estimate of drug-likeness (QED) is 0.576. The zero-order chi connectivity index (χ0) is 7.56.